The number of hydrogen-bond donors (Lipinski definition) is 1. The Bertz CT molecular complexity index is 575. The van der Waals surface area contributed by atoms with Crippen LogP contribution >= 0.6 is 0 Å². The first-order valence-electron chi connectivity index (χ1n) is 6.90. The lowest BCUT2D eigenvalue weighted by atomic mass is 10.2. The third-order valence-electron chi connectivity index (χ3n) is 2.75. The summed E-state index contributed by atoms with van der Waals surface area (Å²) in [6, 6.07) is 4.16. The summed E-state index contributed by atoms with van der Waals surface area (Å²) < 4.78 is 5.50. The van der Waals surface area contributed by atoms with Crippen LogP contribution in [0.1, 0.15) is 26.3 Å². The van der Waals surface area contributed by atoms with E-state index in [1.807, 2.05) is 37.8 Å². The van der Waals surface area contributed by atoms with Crippen molar-refractivity contribution in [1.82, 2.24) is 19.9 Å². The molecule has 0 bridgehead atoms. The molecule has 2 N–H and O–H groups in total. The molecule has 0 saturated carbocycles. The molecule has 0 aliphatic heterocycles. The Morgan fingerprint density at radius 2 is 1.90 bits per heavy atom. The molecule has 2 aromatic rings. The number of anilines is 2. The minimum absolute atomic E-state index is 0.0186. The van der Waals surface area contributed by atoms with E-state index in [0.29, 0.717) is 12.5 Å². The van der Waals surface area contributed by atoms with Gasteiger partial charge in [-0.05, 0) is 38.5 Å². The molecule has 7 heteroatoms. The molecule has 0 atom stereocenters. The van der Waals surface area contributed by atoms with E-state index in [-0.39, 0.29) is 18.1 Å². The van der Waals surface area contributed by atoms with Crippen LogP contribution in [0.4, 0.5) is 11.9 Å². The van der Waals surface area contributed by atoms with Crippen molar-refractivity contribution in [2.75, 3.05) is 17.2 Å². The van der Waals surface area contributed by atoms with E-state index < -0.39 is 0 Å². The lowest BCUT2D eigenvalue weighted by Gasteiger charge is -2.21. The van der Waals surface area contributed by atoms with Gasteiger partial charge in [0.15, 0.2) is 0 Å². The number of rotatable bonds is 6. The maximum Gasteiger partial charge on any atom is 0.323 e. The summed E-state index contributed by atoms with van der Waals surface area (Å²) in [5.74, 6) is 0.668. The Hall–Kier alpha value is -2.44. The van der Waals surface area contributed by atoms with Crippen molar-refractivity contribution in [3.8, 4) is 6.01 Å². The van der Waals surface area contributed by atoms with E-state index in [1.54, 1.807) is 12.4 Å². The fourth-order valence-electron chi connectivity index (χ4n) is 1.80. The molecule has 7 nitrogen and oxygen atoms in total. The highest BCUT2D eigenvalue weighted by Crippen LogP contribution is 2.16. The largest absolute Gasteiger partial charge is 0.461 e. The normalized spacial score (nSPS) is 10.7. The van der Waals surface area contributed by atoms with Gasteiger partial charge in [-0.25, -0.2) is 0 Å². The molecule has 2 aromatic heterocycles. The first kappa shape index (κ1) is 15.0. The molecular formula is C14H20N6O. The van der Waals surface area contributed by atoms with Crippen LogP contribution in [0.2, 0.25) is 0 Å². The summed E-state index contributed by atoms with van der Waals surface area (Å²) in [5, 5.41) is 0. The van der Waals surface area contributed by atoms with Gasteiger partial charge >= 0.3 is 6.01 Å². The molecule has 112 valence electrons. The molecule has 21 heavy (non-hydrogen) atoms. The molecule has 0 unspecified atom stereocenters. The number of ether oxygens (including phenoxy) is 1. The summed E-state index contributed by atoms with van der Waals surface area (Å²) >= 11 is 0. The van der Waals surface area contributed by atoms with Crippen molar-refractivity contribution in [1.29, 1.82) is 0 Å². The van der Waals surface area contributed by atoms with E-state index in [1.165, 1.54) is 0 Å². The van der Waals surface area contributed by atoms with Crippen LogP contribution in [0.5, 0.6) is 6.01 Å². The summed E-state index contributed by atoms with van der Waals surface area (Å²) in [7, 11) is 0. The van der Waals surface area contributed by atoms with Crippen molar-refractivity contribution in [2.24, 2.45) is 0 Å². The second-order valence-electron chi connectivity index (χ2n) is 4.81. The average molecular weight is 288 g/mol. The van der Waals surface area contributed by atoms with Crippen LogP contribution in [0.15, 0.2) is 24.5 Å². The van der Waals surface area contributed by atoms with Crippen LogP contribution < -0.4 is 15.4 Å². The molecule has 0 aliphatic carbocycles. The zero-order valence-electron chi connectivity index (χ0n) is 12.5. The SMILES string of the molecule is CCN(Cc1ccncc1)c1nc(N)nc(OC(C)C)n1. The van der Waals surface area contributed by atoms with Crippen molar-refractivity contribution >= 4 is 11.9 Å². The third kappa shape index (κ3) is 4.27. The standard InChI is InChI=1S/C14H20N6O/c1-4-20(9-11-5-7-16-8-6-11)13-17-12(15)18-14(19-13)21-10(2)3/h5-8,10H,4,9H2,1-3H3,(H2,15,17,18,19). The monoisotopic (exact) mass is 288 g/mol. The van der Waals surface area contributed by atoms with Crippen molar-refractivity contribution in [3.63, 3.8) is 0 Å². The number of hydrogen-bond acceptors (Lipinski definition) is 7. The van der Waals surface area contributed by atoms with Gasteiger partial charge in [0.2, 0.25) is 11.9 Å². The highest BCUT2D eigenvalue weighted by molar-refractivity contribution is 5.37. The highest BCUT2D eigenvalue weighted by Gasteiger charge is 2.13. The predicted molar refractivity (Wildman–Crippen MR) is 81.0 cm³/mol. The van der Waals surface area contributed by atoms with E-state index in [0.717, 1.165) is 12.1 Å². The van der Waals surface area contributed by atoms with Crippen LogP contribution in [0, 0.1) is 0 Å². The smallest absolute Gasteiger partial charge is 0.323 e. The zero-order chi connectivity index (χ0) is 15.2. The van der Waals surface area contributed by atoms with Gasteiger partial charge in [-0.3, -0.25) is 4.98 Å². The van der Waals surface area contributed by atoms with Crippen molar-refractivity contribution < 1.29 is 4.74 Å². The molecule has 0 saturated heterocycles. The van der Waals surface area contributed by atoms with Gasteiger partial charge in [0.25, 0.3) is 0 Å². The summed E-state index contributed by atoms with van der Waals surface area (Å²) in [6.07, 6.45) is 3.51. The van der Waals surface area contributed by atoms with Gasteiger partial charge in [0.05, 0.1) is 6.10 Å². The fraction of sp³-hybridized carbons (Fsp3) is 0.429. The number of aromatic nitrogens is 4. The average Bonchev–Trinajstić information content (AvgIpc) is 2.44. The molecular weight excluding hydrogens is 268 g/mol. The predicted octanol–water partition coefficient (Wildman–Crippen LogP) is 1.66. The van der Waals surface area contributed by atoms with Crippen molar-refractivity contribution in [3.05, 3.63) is 30.1 Å². The molecule has 0 amide bonds. The van der Waals surface area contributed by atoms with Gasteiger partial charge in [-0.15, -0.1) is 0 Å². The number of nitrogens with zero attached hydrogens (tertiary/aromatic N) is 5. The van der Waals surface area contributed by atoms with Crippen LogP contribution in [0.3, 0.4) is 0 Å². The maximum atomic E-state index is 5.74. The number of nitrogen functional groups attached to an aromatic ring is 1. The molecule has 2 heterocycles. The molecule has 0 aromatic carbocycles. The minimum Gasteiger partial charge on any atom is -0.461 e. The van der Waals surface area contributed by atoms with E-state index in [4.69, 9.17) is 10.5 Å². The quantitative estimate of drug-likeness (QED) is 0.864. The number of nitrogens with two attached hydrogens (primary N) is 1. The first-order valence-corrected chi connectivity index (χ1v) is 6.90. The van der Waals surface area contributed by atoms with Gasteiger partial charge in [-0.2, -0.15) is 15.0 Å². The lowest BCUT2D eigenvalue weighted by molar-refractivity contribution is 0.222. The fourth-order valence-corrected chi connectivity index (χ4v) is 1.80. The topological polar surface area (TPSA) is 90.1 Å². The maximum absolute atomic E-state index is 5.74. The van der Waals surface area contributed by atoms with Gasteiger partial charge in [0, 0.05) is 25.5 Å². The second kappa shape index (κ2) is 6.83. The molecule has 2 rings (SSSR count). The first-order chi connectivity index (χ1) is 10.1. The van der Waals surface area contributed by atoms with Gasteiger partial charge < -0.3 is 15.4 Å². The minimum atomic E-state index is -0.0186. The molecule has 0 spiro atoms. The summed E-state index contributed by atoms with van der Waals surface area (Å²) in [6.45, 7) is 7.27. The summed E-state index contributed by atoms with van der Waals surface area (Å²) in [5.41, 5.74) is 6.86. The van der Waals surface area contributed by atoms with Gasteiger partial charge in [-0.1, -0.05) is 0 Å². The Morgan fingerprint density at radius 3 is 2.52 bits per heavy atom. The Balaban J connectivity index is 2.23. The highest BCUT2D eigenvalue weighted by atomic mass is 16.5. The summed E-state index contributed by atoms with van der Waals surface area (Å²) in [4.78, 5) is 18.5. The third-order valence-corrected chi connectivity index (χ3v) is 2.75. The van der Waals surface area contributed by atoms with Crippen LogP contribution in [-0.2, 0) is 6.54 Å². The second-order valence-corrected chi connectivity index (χ2v) is 4.81. The van der Waals surface area contributed by atoms with Crippen molar-refractivity contribution in [2.45, 2.75) is 33.4 Å². The van der Waals surface area contributed by atoms with E-state index in [2.05, 4.69) is 19.9 Å². The van der Waals surface area contributed by atoms with E-state index in [9.17, 15) is 0 Å². The van der Waals surface area contributed by atoms with E-state index >= 15 is 0 Å². The van der Waals surface area contributed by atoms with Crippen LogP contribution in [0.25, 0.3) is 0 Å². The van der Waals surface area contributed by atoms with Crippen LogP contribution in [-0.4, -0.2) is 32.6 Å². The molecule has 0 fully saturated rings. The molecule has 0 aliphatic rings. The lowest BCUT2D eigenvalue weighted by Crippen LogP contribution is -2.25. The Kier molecular flexibility index (Phi) is 4.86. The number of pyridine rings is 1. The molecule has 0 radical (unpaired) electrons. The van der Waals surface area contributed by atoms with Gasteiger partial charge in [0.1, 0.15) is 0 Å². The Morgan fingerprint density at radius 1 is 1.19 bits per heavy atom. The Labute approximate surface area is 124 Å². The zero-order valence-corrected chi connectivity index (χ0v) is 12.5.